The molecule has 0 aliphatic rings. The Labute approximate surface area is 126 Å². The van der Waals surface area contributed by atoms with Gasteiger partial charge in [-0.2, -0.15) is 0 Å². The fourth-order valence-electron chi connectivity index (χ4n) is 2.66. The molecule has 0 aliphatic heterocycles. The maximum atomic E-state index is 6.30. The summed E-state index contributed by atoms with van der Waals surface area (Å²) >= 11 is 6.30. The summed E-state index contributed by atoms with van der Waals surface area (Å²) in [4.78, 5) is 9.14. The van der Waals surface area contributed by atoms with Crippen LogP contribution in [0.4, 0.5) is 0 Å². The van der Waals surface area contributed by atoms with Crippen LogP contribution in [0.2, 0.25) is 0 Å². The summed E-state index contributed by atoms with van der Waals surface area (Å²) in [5.41, 5.74) is 1.90. The average molecular weight is 294 g/mol. The summed E-state index contributed by atoms with van der Waals surface area (Å²) in [6.07, 6.45) is 8.11. The van der Waals surface area contributed by atoms with E-state index in [4.69, 9.17) is 11.6 Å². The Balaban J connectivity index is 2.24. The van der Waals surface area contributed by atoms with Crippen LogP contribution >= 0.6 is 11.6 Å². The third-order valence-corrected chi connectivity index (χ3v) is 3.94. The van der Waals surface area contributed by atoms with Crippen molar-refractivity contribution >= 4 is 22.8 Å². The molecule has 0 bridgehead atoms. The van der Waals surface area contributed by atoms with Gasteiger partial charge in [0.2, 0.25) is 0 Å². The number of nitrogens with zero attached hydrogens (tertiary/aromatic N) is 3. The van der Waals surface area contributed by atoms with Gasteiger partial charge in [-0.25, -0.2) is 9.97 Å². The van der Waals surface area contributed by atoms with Crippen molar-refractivity contribution in [2.24, 2.45) is 0 Å². The number of hydrogen-bond donors (Lipinski definition) is 0. The summed E-state index contributed by atoms with van der Waals surface area (Å²) < 4.78 is 2.22. The van der Waals surface area contributed by atoms with Crippen LogP contribution < -0.4 is 0 Å². The highest BCUT2D eigenvalue weighted by Crippen LogP contribution is 2.29. The quantitative estimate of drug-likeness (QED) is 0.515. The fraction of sp³-hybridized carbons (Fsp3) is 0.625. The zero-order valence-electron chi connectivity index (χ0n) is 12.6. The highest BCUT2D eigenvalue weighted by molar-refractivity contribution is 6.20. The Hall–Kier alpha value is -1.09. The second-order valence-corrected chi connectivity index (χ2v) is 6.16. The van der Waals surface area contributed by atoms with Gasteiger partial charge in [-0.1, -0.05) is 32.6 Å². The zero-order valence-corrected chi connectivity index (χ0v) is 13.4. The molecule has 0 amide bonds. The van der Waals surface area contributed by atoms with Crippen LogP contribution in [0.1, 0.15) is 70.1 Å². The molecule has 110 valence electrons. The van der Waals surface area contributed by atoms with Gasteiger partial charge in [0, 0.05) is 12.2 Å². The van der Waals surface area contributed by atoms with Crippen molar-refractivity contribution in [3.63, 3.8) is 0 Å². The lowest BCUT2D eigenvalue weighted by Crippen LogP contribution is -2.10. The monoisotopic (exact) mass is 293 g/mol. The van der Waals surface area contributed by atoms with Crippen LogP contribution in [0.3, 0.4) is 0 Å². The number of halogens is 1. The van der Waals surface area contributed by atoms with Crippen LogP contribution in [0.15, 0.2) is 18.3 Å². The molecule has 0 saturated heterocycles. The standard InChI is InChI=1S/C16H24ClN3/c1-4-5-6-7-9-12(2)20-15(13(3)17)19-14-10-8-11-18-16(14)20/h8,10-13H,4-7,9H2,1-3H3. The van der Waals surface area contributed by atoms with Crippen LogP contribution in [0, 0.1) is 0 Å². The summed E-state index contributed by atoms with van der Waals surface area (Å²) in [5.74, 6) is 0.934. The normalized spacial score (nSPS) is 14.6. The topological polar surface area (TPSA) is 30.7 Å². The van der Waals surface area contributed by atoms with E-state index in [9.17, 15) is 0 Å². The van der Waals surface area contributed by atoms with Crippen LogP contribution in [-0.2, 0) is 0 Å². The van der Waals surface area contributed by atoms with Gasteiger partial charge >= 0.3 is 0 Å². The number of alkyl halides is 1. The molecule has 20 heavy (non-hydrogen) atoms. The smallest absolute Gasteiger partial charge is 0.160 e. The van der Waals surface area contributed by atoms with Crippen molar-refractivity contribution in [3.8, 4) is 0 Å². The first kappa shape index (κ1) is 15.3. The molecule has 2 aromatic rings. The van der Waals surface area contributed by atoms with Crippen LogP contribution in [0.5, 0.6) is 0 Å². The number of imidazole rings is 1. The average Bonchev–Trinajstić information content (AvgIpc) is 2.83. The second kappa shape index (κ2) is 7.07. The second-order valence-electron chi connectivity index (χ2n) is 5.50. The molecular formula is C16H24ClN3. The van der Waals surface area contributed by atoms with E-state index in [-0.39, 0.29) is 5.38 Å². The lowest BCUT2D eigenvalue weighted by atomic mass is 10.1. The Bertz CT molecular complexity index is 548. The molecule has 0 saturated carbocycles. The zero-order chi connectivity index (χ0) is 14.5. The van der Waals surface area contributed by atoms with Crippen molar-refractivity contribution < 1.29 is 0 Å². The molecule has 0 fully saturated rings. The summed E-state index contributed by atoms with van der Waals surface area (Å²) in [6, 6.07) is 4.32. The minimum Gasteiger partial charge on any atom is -0.309 e. The molecule has 4 heteroatoms. The lowest BCUT2D eigenvalue weighted by molar-refractivity contribution is 0.466. The van der Waals surface area contributed by atoms with E-state index in [2.05, 4.69) is 28.4 Å². The molecule has 2 rings (SSSR count). The van der Waals surface area contributed by atoms with E-state index in [1.54, 1.807) is 0 Å². The van der Waals surface area contributed by atoms with Gasteiger partial charge in [-0.3, -0.25) is 0 Å². The van der Waals surface area contributed by atoms with Gasteiger partial charge < -0.3 is 4.57 Å². The van der Waals surface area contributed by atoms with E-state index in [0.717, 1.165) is 23.4 Å². The third kappa shape index (κ3) is 3.32. The molecular weight excluding hydrogens is 270 g/mol. The molecule has 0 aromatic carbocycles. The molecule has 3 nitrogen and oxygen atoms in total. The Morgan fingerprint density at radius 1 is 1.25 bits per heavy atom. The molecule has 2 heterocycles. The number of hydrogen-bond acceptors (Lipinski definition) is 2. The van der Waals surface area contributed by atoms with Crippen molar-refractivity contribution in [2.75, 3.05) is 0 Å². The highest BCUT2D eigenvalue weighted by atomic mass is 35.5. The number of aromatic nitrogens is 3. The number of fused-ring (bicyclic) bond motifs is 1. The third-order valence-electron chi connectivity index (χ3n) is 3.75. The number of rotatable bonds is 7. The maximum Gasteiger partial charge on any atom is 0.160 e. The SMILES string of the molecule is CCCCCCC(C)n1c(C(C)Cl)nc2cccnc21. The number of pyridine rings is 1. The van der Waals surface area contributed by atoms with Crippen molar-refractivity contribution in [2.45, 2.75) is 64.3 Å². The van der Waals surface area contributed by atoms with E-state index in [1.807, 2.05) is 25.3 Å². The van der Waals surface area contributed by atoms with Gasteiger partial charge in [-0.15, -0.1) is 11.6 Å². The van der Waals surface area contributed by atoms with Gasteiger partial charge in [0.1, 0.15) is 11.3 Å². The predicted molar refractivity (Wildman–Crippen MR) is 85.3 cm³/mol. The van der Waals surface area contributed by atoms with Gasteiger partial charge in [0.05, 0.1) is 5.38 Å². The first-order chi connectivity index (χ1) is 9.65. The predicted octanol–water partition coefficient (Wildman–Crippen LogP) is 5.26. The fourth-order valence-corrected chi connectivity index (χ4v) is 2.81. The van der Waals surface area contributed by atoms with Crippen LogP contribution in [-0.4, -0.2) is 14.5 Å². The Kier molecular flexibility index (Phi) is 5.41. The van der Waals surface area contributed by atoms with Crippen molar-refractivity contribution in [1.82, 2.24) is 14.5 Å². The molecule has 2 atom stereocenters. The molecule has 0 aliphatic carbocycles. The molecule has 0 spiro atoms. The van der Waals surface area contributed by atoms with Gasteiger partial charge in [-0.05, 0) is 32.4 Å². The highest BCUT2D eigenvalue weighted by Gasteiger charge is 2.19. The molecule has 2 aromatic heterocycles. The van der Waals surface area contributed by atoms with Crippen LogP contribution in [0.25, 0.3) is 11.2 Å². The first-order valence-electron chi connectivity index (χ1n) is 7.62. The van der Waals surface area contributed by atoms with Gasteiger partial charge in [0.15, 0.2) is 5.65 Å². The van der Waals surface area contributed by atoms with E-state index in [0.29, 0.717) is 6.04 Å². The summed E-state index contributed by atoms with van der Waals surface area (Å²) in [5, 5.41) is -0.0951. The first-order valence-corrected chi connectivity index (χ1v) is 8.05. The molecule has 0 radical (unpaired) electrons. The Morgan fingerprint density at radius 3 is 2.75 bits per heavy atom. The Morgan fingerprint density at radius 2 is 2.05 bits per heavy atom. The lowest BCUT2D eigenvalue weighted by Gasteiger charge is -2.18. The molecule has 0 N–H and O–H groups in total. The summed E-state index contributed by atoms with van der Waals surface area (Å²) in [6.45, 7) is 6.46. The van der Waals surface area contributed by atoms with Crippen molar-refractivity contribution in [1.29, 1.82) is 0 Å². The maximum absolute atomic E-state index is 6.30. The van der Waals surface area contributed by atoms with E-state index >= 15 is 0 Å². The minimum absolute atomic E-state index is 0.0951. The van der Waals surface area contributed by atoms with E-state index < -0.39 is 0 Å². The van der Waals surface area contributed by atoms with E-state index in [1.165, 1.54) is 25.7 Å². The minimum atomic E-state index is -0.0951. The van der Waals surface area contributed by atoms with Gasteiger partial charge in [0.25, 0.3) is 0 Å². The summed E-state index contributed by atoms with van der Waals surface area (Å²) in [7, 11) is 0. The largest absolute Gasteiger partial charge is 0.309 e. The molecule has 2 unspecified atom stereocenters. The van der Waals surface area contributed by atoms with Crippen molar-refractivity contribution in [3.05, 3.63) is 24.2 Å². The number of unbranched alkanes of at least 4 members (excludes halogenated alkanes) is 3.